The summed E-state index contributed by atoms with van der Waals surface area (Å²) in [4.78, 5) is 0. The second-order valence-corrected chi connectivity index (χ2v) is 4.59. The second-order valence-electron chi connectivity index (χ2n) is 4.59. The molecule has 2 N–H and O–H groups in total. The van der Waals surface area contributed by atoms with Gasteiger partial charge in [0.1, 0.15) is 5.75 Å². The molecular formula is C17H21NO. The molecule has 0 spiro atoms. The highest BCUT2D eigenvalue weighted by Gasteiger charge is 2.04. The van der Waals surface area contributed by atoms with Crippen molar-refractivity contribution in [2.24, 2.45) is 5.73 Å². The van der Waals surface area contributed by atoms with Crippen molar-refractivity contribution in [3.05, 3.63) is 54.1 Å². The maximum atomic E-state index is 6.02. The fourth-order valence-corrected chi connectivity index (χ4v) is 2.07. The zero-order valence-corrected chi connectivity index (χ0v) is 11.6. The largest absolute Gasteiger partial charge is 0.494 e. The van der Waals surface area contributed by atoms with Gasteiger partial charge in [-0.2, -0.15) is 0 Å². The van der Waals surface area contributed by atoms with Crippen molar-refractivity contribution >= 4 is 0 Å². The maximum Gasteiger partial charge on any atom is 0.119 e. The summed E-state index contributed by atoms with van der Waals surface area (Å²) in [6, 6.07) is 16.8. The van der Waals surface area contributed by atoms with Crippen LogP contribution in [0.3, 0.4) is 0 Å². The maximum absolute atomic E-state index is 6.02. The molecule has 0 bridgehead atoms. The van der Waals surface area contributed by atoms with Crippen molar-refractivity contribution in [2.45, 2.75) is 26.3 Å². The molecule has 0 aliphatic carbocycles. The van der Waals surface area contributed by atoms with Crippen LogP contribution >= 0.6 is 0 Å². The second kappa shape index (κ2) is 6.39. The molecule has 2 heteroatoms. The van der Waals surface area contributed by atoms with Gasteiger partial charge < -0.3 is 10.5 Å². The lowest BCUT2D eigenvalue weighted by molar-refractivity contribution is 0.340. The van der Waals surface area contributed by atoms with Gasteiger partial charge in [0.15, 0.2) is 0 Å². The summed E-state index contributed by atoms with van der Waals surface area (Å²) in [6.07, 6.45) is 0.961. The summed E-state index contributed by atoms with van der Waals surface area (Å²) in [5.41, 5.74) is 9.61. The Hall–Kier alpha value is -1.80. The Labute approximate surface area is 115 Å². The van der Waals surface area contributed by atoms with Crippen LogP contribution in [0.15, 0.2) is 48.5 Å². The van der Waals surface area contributed by atoms with Gasteiger partial charge in [0.2, 0.25) is 0 Å². The van der Waals surface area contributed by atoms with Crippen molar-refractivity contribution in [1.82, 2.24) is 0 Å². The van der Waals surface area contributed by atoms with E-state index in [9.17, 15) is 0 Å². The summed E-state index contributed by atoms with van der Waals surface area (Å²) in [7, 11) is 0. The first-order valence-corrected chi connectivity index (χ1v) is 6.83. The highest BCUT2D eigenvalue weighted by molar-refractivity contribution is 5.64. The molecular weight excluding hydrogens is 234 g/mol. The van der Waals surface area contributed by atoms with Gasteiger partial charge in [-0.05, 0) is 42.2 Å². The first kappa shape index (κ1) is 13.6. The van der Waals surface area contributed by atoms with E-state index in [0.29, 0.717) is 6.61 Å². The van der Waals surface area contributed by atoms with E-state index in [1.807, 2.05) is 19.1 Å². The van der Waals surface area contributed by atoms with Crippen molar-refractivity contribution in [3.63, 3.8) is 0 Å². The van der Waals surface area contributed by atoms with Crippen molar-refractivity contribution in [3.8, 4) is 16.9 Å². The highest BCUT2D eigenvalue weighted by Crippen LogP contribution is 2.24. The lowest BCUT2D eigenvalue weighted by Crippen LogP contribution is -2.07. The minimum atomic E-state index is 0.134. The molecule has 0 aliphatic heterocycles. The van der Waals surface area contributed by atoms with Gasteiger partial charge in [-0.25, -0.2) is 0 Å². The predicted molar refractivity (Wildman–Crippen MR) is 80.3 cm³/mol. The number of ether oxygens (including phenoxy) is 1. The molecule has 1 atom stereocenters. The first-order valence-electron chi connectivity index (χ1n) is 6.83. The number of hydrogen-bond acceptors (Lipinski definition) is 2. The monoisotopic (exact) mass is 255 g/mol. The van der Waals surface area contributed by atoms with Crippen LogP contribution in [0.25, 0.3) is 11.1 Å². The molecule has 0 fully saturated rings. The molecule has 2 nitrogen and oxygen atoms in total. The van der Waals surface area contributed by atoms with Crippen LogP contribution in [0.1, 0.15) is 31.9 Å². The van der Waals surface area contributed by atoms with E-state index in [2.05, 4.69) is 43.3 Å². The van der Waals surface area contributed by atoms with E-state index in [4.69, 9.17) is 10.5 Å². The lowest BCUT2D eigenvalue weighted by atomic mass is 10.00. The zero-order chi connectivity index (χ0) is 13.7. The summed E-state index contributed by atoms with van der Waals surface area (Å²) >= 11 is 0. The van der Waals surface area contributed by atoms with Crippen molar-refractivity contribution < 1.29 is 4.74 Å². The van der Waals surface area contributed by atoms with Gasteiger partial charge in [0.05, 0.1) is 6.61 Å². The molecule has 1 unspecified atom stereocenters. The fraction of sp³-hybridized carbons (Fsp3) is 0.294. The molecule has 0 heterocycles. The third-order valence-electron chi connectivity index (χ3n) is 3.28. The van der Waals surface area contributed by atoms with Crippen LogP contribution in [0.2, 0.25) is 0 Å². The van der Waals surface area contributed by atoms with E-state index < -0.39 is 0 Å². The molecule has 0 saturated carbocycles. The molecule has 0 aliphatic rings. The molecule has 0 amide bonds. The number of benzene rings is 2. The Balaban J connectivity index is 2.17. The normalized spacial score (nSPS) is 12.2. The molecule has 19 heavy (non-hydrogen) atoms. The standard InChI is InChI=1S/C17H21NO/c1-3-17(18)15-7-5-13(6-8-15)14-9-11-16(12-10-14)19-4-2/h5-12,17H,3-4,18H2,1-2H3. The Morgan fingerprint density at radius 3 is 1.89 bits per heavy atom. The van der Waals surface area contributed by atoms with Crippen LogP contribution in [0, 0.1) is 0 Å². The van der Waals surface area contributed by atoms with E-state index in [1.165, 1.54) is 16.7 Å². The Kier molecular flexibility index (Phi) is 4.58. The summed E-state index contributed by atoms with van der Waals surface area (Å²) in [6.45, 7) is 4.79. The minimum Gasteiger partial charge on any atom is -0.494 e. The molecule has 2 rings (SSSR count). The Bertz CT molecular complexity index is 502. The minimum absolute atomic E-state index is 0.134. The third kappa shape index (κ3) is 3.36. The predicted octanol–water partition coefficient (Wildman–Crippen LogP) is 4.16. The van der Waals surface area contributed by atoms with E-state index in [0.717, 1.165) is 12.2 Å². The topological polar surface area (TPSA) is 35.2 Å². The molecule has 2 aromatic rings. The van der Waals surface area contributed by atoms with Crippen LogP contribution in [-0.2, 0) is 0 Å². The quantitative estimate of drug-likeness (QED) is 0.870. The van der Waals surface area contributed by atoms with E-state index in [1.54, 1.807) is 0 Å². The average molecular weight is 255 g/mol. The Morgan fingerprint density at radius 2 is 1.42 bits per heavy atom. The Morgan fingerprint density at radius 1 is 0.895 bits per heavy atom. The van der Waals surface area contributed by atoms with E-state index >= 15 is 0 Å². The lowest BCUT2D eigenvalue weighted by Gasteiger charge is -2.10. The average Bonchev–Trinajstić information content (AvgIpc) is 2.48. The van der Waals surface area contributed by atoms with Gasteiger partial charge in [-0.1, -0.05) is 43.3 Å². The van der Waals surface area contributed by atoms with Crippen LogP contribution in [0.5, 0.6) is 5.75 Å². The number of hydrogen-bond donors (Lipinski definition) is 1. The molecule has 0 aromatic heterocycles. The summed E-state index contributed by atoms with van der Waals surface area (Å²) < 4.78 is 5.45. The SMILES string of the molecule is CCOc1ccc(-c2ccc(C(N)CC)cc2)cc1. The molecule has 0 saturated heterocycles. The van der Waals surface area contributed by atoms with Crippen molar-refractivity contribution in [1.29, 1.82) is 0 Å². The van der Waals surface area contributed by atoms with Gasteiger partial charge in [0, 0.05) is 6.04 Å². The number of nitrogens with two attached hydrogens (primary N) is 1. The van der Waals surface area contributed by atoms with Gasteiger partial charge in [-0.15, -0.1) is 0 Å². The van der Waals surface area contributed by atoms with Gasteiger partial charge in [-0.3, -0.25) is 0 Å². The zero-order valence-electron chi connectivity index (χ0n) is 11.6. The summed E-state index contributed by atoms with van der Waals surface area (Å²) in [5.74, 6) is 0.913. The van der Waals surface area contributed by atoms with E-state index in [-0.39, 0.29) is 6.04 Å². The van der Waals surface area contributed by atoms with Gasteiger partial charge in [0.25, 0.3) is 0 Å². The molecule has 2 aromatic carbocycles. The van der Waals surface area contributed by atoms with Crippen LogP contribution in [-0.4, -0.2) is 6.61 Å². The smallest absolute Gasteiger partial charge is 0.119 e. The van der Waals surface area contributed by atoms with Crippen LogP contribution < -0.4 is 10.5 Å². The molecule has 100 valence electrons. The number of rotatable bonds is 5. The first-order chi connectivity index (χ1) is 9.24. The fourth-order valence-electron chi connectivity index (χ4n) is 2.07. The highest BCUT2D eigenvalue weighted by atomic mass is 16.5. The molecule has 0 radical (unpaired) electrons. The van der Waals surface area contributed by atoms with Gasteiger partial charge >= 0.3 is 0 Å². The third-order valence-corrected chi connectivity index (χ3v) is 3.28. The van der Waals surface area contributed by atoms with Crippen LogP contribution in [0.4, 0.5) is 0 Å². The summed E-state index contributed by atoms with van der Waals surface area (Å²) in [5, 5.41) is 0. The van der Waals surface area contributed by atoms with Crippen molar-refractivity contribution in [2.75, 3.05) is 6.61 Å².